The molecular weight excluding hydrogens is 310 g/mol. The third-order valence-electron chi connectivity index (χ3n) is 3.01. The van der Waals surface area contributed by atoms with Crippen molar-refractivity contribution in [2.75, 3.05) is 0 Å². The molecule has 0 bridgehead atoms. The van der Waals surface area contributed by atoms with E-state index in [1.807, 2.05) is 12.1 Å². The molecule has 1 aromatic heterocycles. The summed E-state index contributed by atoms with van der Waals surface area (Å²) in [6.45, 7) is 0.834. The quantitative estimate of drug-likeness (QED) is 0.618. The Morgan fingerprint density at radius 2 is 1.78 bits per heavy atom. The Bertz CT molecular complexity index is 685. The maximum Gasteiger partial charge on any atom is 0.0672 e. The molecule has 0 atom stereocenters. The van der Waals surface area contributed by atoms with E-state index in [1.165, 1.54) is 10.9 Å². The molecule has 1 heterocycles. The van der Waals surface area contributed by atoms with Crippen molar-refractivity contribution in [1.82, 2.24) is 4.57 Å². The summed E-state index contributed by atoms with van der Waals surface area (Å²) in [5.41, 5.74) is 2.36. The van der Waals surface area contributed by atoms with Crippen LogP contribution in [0.5, 0.6) is 0 Å². The largest absolute Gasteiger partial charge is 0.342 e. The van der Waals surface area contributed by atoms with Crippen molar-refractivity contribution in [3.8, 4) is 0 Å². The summed E-state index contributed by atoms with van der Waals surface area (Å²) in [4.78, 5) is 0. The summed E-state index contributed by atoms with van der Waals surface area (Å²) in [5, 5.41) is 1.98. The van der Waals surface area contributed by atoms with Crippen molar-refractivity contribution in [2.45, 2.75) is 6.54 Å². The molecule has 0 saturated heterocycles. The summed E-state index contributed by atoms with van der Waals surface area (Å²) in [5.74, 6) is 0. The molecule has 0 aliphatic heterocycles. The standard InChI is InChI=1S/C15H11BrClN/c16-13-6-4-11(5-7-13)10-18-9-8-12-2-1-3-14(17)15(12)18/h1-9H,10H2. The molecule has 18 heavy (non-hydrogen) atoms. The number of benzene rings is 2. The molecular formula is C15H11BrClN. The van der Waals surface area contributed by atoms with E-state index in [0.29, 0.717) is 0 Å². The molecule has 0 aliphatic rings. The van der Waals surface area contributed by atoms with Gasteiger partial charge in [0.25, 0.3) is 0 Å². The summed E-state index contributed by atoms with van der Waals surface area (Å²) in [6, 6.07) is 16.4. The topological polar surface area (TPSA) is 4.93 Å². The minimum absolute atomic E-state index is 0.801. The third-order valence-corrected chi connectivity index (χ3v) is 3.84. The first kappa shape index (κ1) is 11.8. The highest BCUT2D eigenvalue weighted by Crippen LogP contribution is 2.25. The lowest BCUT2D eigenvalue weighted by Crippen LogP contribution is -1.97. The molecule has 0 radical (unpaired) electrons. The zero-order chi connectivity index (χ0) is 12.5. The van der Waals surface area contributed by atoms with Crippen LogP contribution < -0.4 is 0 Å². The molecule has 3 rings (SSSR count). The smallest absolute Gasteiger partial charge is 0.0672 e. The number of rotatable bonds is 2. The molecule has 2 aromatic carbocycles. The van der Waals surface area contributed by atoms with Crippen LogP contribution in [0.25, 0.3) is 10.9 Å². The Balaban J connectivity index is 2.02. The van der Waals surface area contributed by atoms with Crippen molar-refractivity contribution in [2.24, 2.45) is 0 Å². The molecule has 0 aliphatic carbocycles. The van der Waals surface area contributed by atoms with Gasteiger partial charge in [0.2, 0.25) is 0 Å². The predicted octanol–water partition coefficient (Wildman–Crippen LogP) is 5.11. The highest BCUT2D eigenvalue weighted by atomic mass is 79.9. The van der Waals surface area contributed by atoms with Gasteiger partial charge in [-0.1, -0.05) is 51.8 Å². The first-order valence-corrected chi connectivity index (χ1v) is 6.89. The third kappa shape index (κ3) is 2.18. The number of aromatic nitrogens is 1. The zero-order valence-corrected chi connectivity index (χ0v) is 11.9. The van der Waals surface area contributed by atoms with Gasteiger partial charge in [-0.25, -0.2) is 0 Å². The van der Waals surface area contributed by atoms with E-state index in [1.54, 1.807) is 0 Å². The Morgan fingerprint density at radius 3 is 2.56 bits per heavy atom. The van der Waals surface area contributed by atoms with E-state index in [0.717, 1.165) is 21.6 Å². The van der Waals surface area contributed by atoms with Crippen LogP contribution in [-0.2, 0) is 6.54 Å². The minimum Gasteiger partial charge on any atom is -0.342 e. The molecule has 3 aromatic rings. The maximum atomic E-state index is 6.27. The fourth-order valence-corrected chi connectivity index (χ4v) is 2.69. The number of fused-ring (bicyclic) bond motifs is 1. The van der Waals surface area contributed by atoms with E-state index >= 15 is 0 Å². The lowest BCUT2D eigenvalue weighted by molar-refractivity contribution is 0.837. The fraction of sp³-hybridized carbons (Fsp3) is 0.0667. The lowest BCUT2D eigenvalue weighted by atomic mass is 10.2. The molecule has 3 heteroatoms. The maximum absolute atomic E-state index is 6.27. The van der Waals surface area contributed by atoms with Crippen LogP contribution in [0.3, 0.4) is 0 Å². The van der Waals surface area contributed by atoms with E-state index in [4.69, 9.17) is 11.6 Å². The number of nitrogens with zero attached hydrogens (tertiary/aromatic N) is 1. The van der Waals surface area contributed by atoms with Crippen LogP contribution in [0.4, 0.5) is 0 Å². The van der Waals surface area contributed by atoms with E-state index in [9.17, 15) is 0 Å². The first-order valence-electron chi connectivity index (χ1n) is 5.72. The van der Waals surface area contributed by atoms with E-state index < -0.39 is 0 Å². The number of hydrogen-bond acceptors (Lipinski definition) is 0. The van der Waals surface area contributed by atoms with Gasteiger partial charge in [-0.05, 0) is 29.8 Å². The Hall–Kier alpha value is -1.25. The summed E-state index contributed by atoms with van der Waals surface area (Å²) in [7, 11) is 0. The van der Waals surface area contributed by atoms with Gasteiger partial charge in [-0.15, -0.1) is 0 Å². The number of para-hydroxylation sites is 1. The van der Waals surface area contributed by atoms with Gasteiger partial charge in [0, 0.05) is 22.6 Å². The molecule has 1 nitrogen and oxygen atoms in total. The molecule has 0 N–H and O–H groups in total. The molecule has 0 fully saturated rings. The van der Waals surface area contributed by atoms with Crippen LogP contribution in [0, 0.1) is 0 Å². The van der Waals surface area contributed by atoms with Crippen LogP contribution in [0.2, 0.25) is 5.02 Å². The monoisotopic (exact) mass is 319 g/mol. The average Bonchev–Trinajstić information content (AvgIpc) is 2.77. The van der Waals surface area contributed by atoms with Crippen molar-refractivity contribution in [3.63, 3.8) is 0 Å². The van der Waals surface area contributed by atoms with Crippen molar-refractivity contribution in [1.29, 1.82) is 0 Å². The van der Waals surface area contributed by atoms with E-state index in [-0.39, 0.29) is 0 Å². The summed E-state index contributed by atoms with van der Waals surface area (Å²) >= 11 is 9.71. The molecule has 90 valence electrons. The normalized spacial score (nSPS) is 11.0. The Morgan fingerprint density at radius 1 is 1.00 bits per heavy atom. The highest BCUT2D eigenvalue weighted by molar-refractivity contribution is 9.10. The van der Waals surface area contributed by atoms with Crippen LogP contribution in [0.1, 0.15) is 5.56 Å². The molecule has 0 saturated carbocycles. The van der Waals surface area contributed by atoms with Gasteiger partial charge in [0.1, 0.15) is 0 Å². The fourth-order valence-electron chi connectivity index (χ4n) is 2.13. The van der Waals surface area contributed by atoms with Crippen LogP contribution in [-0.4, -0.2) is 4.57 Å². The van der Waals surface area contributed by atoms with Gasteiger partial charge < -0.3 is 4.57 Å². The van der Waals surface area contributed by atoms with Gasteiger partial charge in [-0.2, -0.15) is 0 Å². The SMILES string of the molecule is Clc1cccc2ccn(Cc3ccc(Br)cc3)c12. The first-order chi connectivity index (χ1) is 8.74. The molecule has 0 unspecified atom stereocenters. The number of hydrogen-bond donors (Lipinski definition) is 0. The predicted molar refractivity (Wildman–Crippen MR) is 80.2 cm³/mol. The van der Waals surface area contributed by atoms with Crippen molar-refractivity contribution >= 4 is 38.4 Å². The average molecular weight is 321 g/mol. The number of halogens is 2. The Labute approximate surface area is 119 Å². The van der Waals surface area contributed by atoms with Crippen molar-refractivity contribution in [3.05, 3.63) is 69.8 Å². The van der Waals surface area contributed by atoms with Gasteiger partial charge in [0.05, 0.1) is 10.5 Å². The minimum atomic E-state index is 0.801. The van der Waals surface area contributed by atoms with Gasteiger partial charge in [0.15, 0.2) is 0 Å². The van der Waals surface area contributed by atoms with Gasteiger partial charge >= 0.3 is 0 Å². The zero-order valence-electron chi connectivity index (χ0n) is 9.61. The van der Waals surface area contributed by atoms with E-state index in [2.05, 4.69) is 63.1 Å². The summed E-state index contributed by atoms with van der Waals surface area (Å²) < 4.78 is 3.28. The van der Waals surface area contributed by atoms with Crippen LogP contribution >= 0.6 is 27.5 Å². The second-order valence-corrected chi connectivity index (χ2v) is 5.57. The second-order valence-electron chi connectivity index (χ2n) is 4.25. The van der Waals surface area contributed by atoms with Crippen molar-refractivity contribution < 1.29 is 0 Å². The highest BCUT2D eigenvalue weighted by Gasteiger charge is 2.05. The van der Waals surface area contributed by atoms with Gasteiger partial charge in [-0.3, -0.25) is 0 Å². The molecule has 0 amide bonds. The van der Waals surface area contributed by atoms with Crippen LogP contribution in [0.15, 0.2) is 59.2 Å². The summed E-state index contributed by atoms with van der Waals surface area (Å²) in [6.07, 6.45) is 2.08. The lowest BCUT2D eigenvalue weighted by Gasteiger charge is -2.07. The Kier molecular flexibility index (Phi) is 3.14. The second kappa shape index (κ2) is 4.79. The molecule has 0 spiro atoms.